The van der Waals surface area contributed by atoms with Crippen molar-refractivity contribution in [2.75, 3.05) is 11.9 Å². The van der Waals surface area contributed by atoms with Crippen LogP contribution in [-0.4, -0.2) is 15.9 Å². The fourth-order valence-electron chi connectivity index (χ4n) is 2.71. The van der Waals surface area contributed by atoms with Crippen molar-refractivity contribution in [1.29, 1.82) is 0 Å². The van der Waals surface area contributed by atoms with E-state index in [0.717, 1.165) is 36.4 Å². The predicted octanol–water partition coefficient (Wildman–Crippen LogP) is 4.69. The van der Waals surface area contributed by atoms with Crippen LogP contribution in [0.15, 0.2) is 42.6 Å². The zero-order valence-corrected chi connectivity index (χ0v) is 13.6. The molecule has 0 saturated heterocycles. The number of benzene rings is 1. The van der Waals surface area contributed by atoms with E-state index < -0.39 is 0 Å². The van der Waals surface area contributed by atoms with E-state index in [4.69, 9.17) is 4.98 Å². The zero-order chi connectivity index (χ0) is 15.5. The van der Waals surface area contributed by atoms with E-state index in [0.29, 0.717) is 0 Å². The van der Waals surface area contributed by atoms with Gasteiger partial charge in [-0.05, 0) is 37.5 Å². The van der Waals surface area contributed by atoms with Gasteiger partial charge in [-0.15, -0.1) is 0 Å². The van der Waals surface area contributed by atoms with E-state index >= 15 is 0 Å². The van der Waals surface area contributed by atoms with Crippen LogP contribution in [0, 0.1) is 6.92 Å². The van der Waals surface area contributed by atoms with Gasteiger partial charge in [0.1, 0.15) is 5.65 Å². The molecule has 0 amide bonds. The van der Waals surface area contributed by atoms with Gasteiger partial charge < -0.3 is 9.72 Å². The summed E-state index contributed by atoms with van der Waals surface area (Å²) in [7, 11) is 0. The van der Waals surface area contributed by atoms with Gasteiger partial charge >= 0.3 is 0 Å². The molecule has 0 radical (unpaired) electrons. The number of pyridine rings is 1. The van der Waals surface area contributed by atoms with Crippen molar-refractivity contribution >= 4 is 11.3 Å². The van der Waals surface area contributed by atoms with Crippen LogP contribution in [0.4, 0.5) is 5.69 Å². The molecule has 0 fully saturated rings. The number of rotatable bonds is 5. The summed E-state index contributed by atoms with van der Waals surface area (Å²) in [6.07, 6.45) is 4.32. The first-order valence-corrected chi connectivity index (χ1v) is 8.04. The Morgan fingerprint density at radius 1 is 1.05 bits per heavy atom. The Bertz CT molecular complexity index is 769. The van der Waals surface area contributed by atoms with Gasteiger partial charge in [-0.25, -0.2) is 4.98 Å². The molecule has 0 aliphatic heterocycles. The Kier molecular flexibility index (Phi) is 4.14. The minimum atomic E-state index is 0.991. The van der Waals surface area contributed by atoms with Crippen LogP contribution in [0.1, 0.15) is 31.5 Å². The van der Waals surface area contributed by atoms with Gasteiger partial charge in [0, 0.05) is 24.0 Å². The van der Waals surface area contributed by atoms with E-state index in [-0.39, 0.29) is 0 Å². The lowest BCUT2D eigenvalue weighted by Gasteiger charge is -2.06. The summed E-state index contributed by atoms with van der Waals surface area (Å²) in [5.41, 5.74) is 6.92. The first-order valence-electron chi connectivity index (χ1n) is 8.04. The number of fused-ring (bicyclic) bond motifs is 1. The third-order valence-corrected chi connectivity index (χ3v) is 4.07. The van der Waals surface area contributed by atoms with Gasteiger partial charge in [-0.2, -0.15) is 0 Å². The number of aromatic nitrogens is 2. The first-order chi connectivity index (χ1) is 10.7. The highest BCUT2D eigenvalue weighted by Crippen LogP contribution is 2.25. The van der Waals surface area contributed by atoms with E-state index in [2.05, 4.69) is 73.1 Å². The van der Waals surface area contributed by atoms with E-state index in [1.165, 1.54) is 16.8 Å². The number of nitrogens with one attached hydrogen (secondary N) is 1. The third kappa shape index (κ3) is 2.71. The summed E-state index contributed by atoms with van der Waals surface area (Å²) in [5.74, 6) is 0. The summed E-state index contributed by atoms with van der Waals surface area (Å²) in [4.78, 5) is 4.79. The molecule has 0 aliphatic rings. The average molecular weight is 293 g/mol. The molecule has 114 valence electrons. The molecule has 0 saturated carbocycles. The van der Waals surface area contributed by atoms with E-state index in [1.807, 2.05) is 0 Å². The molecule has 22 heavy (non-hydrogen) atoms. The van der Waals surface area contributed by atoms with Crippen molar-refractivity contribution in [2.45, 2.75) is 33.6 Å². The van der Waals surface area contributed by atoms with Crippen molar-refractivity contribution in [3.63, 3.8) is 0 Å². The van der Waals surface area contributed by atoms with Gasteiger partial charge in [0.2, 0.25) is 0 Å². The molecule has 2 heterocycles. The largest absolute Gasteiger partial charge is 0.384 e. The van der Waals surface area contributed by atoms with Crippen LogP contribution in [0.25, 0.3) is 16.9 Å². The Balaban J connectivity index is 2.01. The van der Waals surface area contributed by atoms with Gasteiger partial charge in [0.15, 0.2) is 0 Å². The van der Waals surface area contributed by atoms with Gasteiger partial charge in [-0.1, -0.05) is 38.1 Å². The summed E-state index contributed by atoms with van der Waals surface area (Å²) >= 11 is 0. The zero-order valence-electron chi connectivity index (χ0n) is 13.6. The highest BCUT2D eigenvalue weighted by Gasteiger charge is 2.10. The fraction of sp³-hybridized carbons (Fsp3) is 0.316. The smallest absolute Gasteiger partial charge is 0.137 e. The average Bonchev–Trinajstić information content (AvgIpc) is 2.89. The van der Waals surface area contributed by atoms with E-state index in [9.17, 15) is 0 Å². The van der Waals surface area contributed by atoms with Crippen molar-refractivity contribution in [3.8, 4) is 11.3 Å². The molecule has 0 aliphatic carbocycles. The summed E-state index contributed by atoms with van der Waals surface area (Å²) in [5, 5.41) is 3.43. The lowest BCUT2D eigenvalue weighted by atomic mass is 10.1. The van der Waals surface area contributed by atoms with Crippen molar-refractivity contribution in [2.24, 2.45) is 0 Å². The van der Waals surface area contributed by atoms with Crippen molar-refractivity contribution < 1.29 is 0 Å². The quantitative estimate of drug-likeness (QED) is 0.739. The molecule has 0 unspecified atom stereocenters. The molecule has 3 rings (SSSR count). The van der Waals surface area contributed by atoms with Crippen LogP contribution < -0.4 is 5.32 Å². The maximum atomic E-state index is 4.79. The second kappa shape index (κ2) is 6.22. The van der Waals surface area contributed by atoms with Crippen molar-refractivity contribution in [3.05, 3.63) is 53.9 Å². The van der Waals surface area contributed by atoms with Crippen LogP contribution in [0.2, 0.25) is 0 Å². The molecule has 0 atom stereocenters. The SMILES string of the molecule is CCCNc1ccc2nc(-c3ccc(CC)cc3)c(C)n2c1. The minimum Gasteiger partial charge on any atom is -0.384 e. The molecule has 2 aromatic heterocycles. The number of nitrogens with zero attached hydrogens (tertiary/aromatic N) is 2. The molecular formula is C19H23N3. The van der Waals surface area contributed by atoms with Crippen LogP contribution in [-0.2, 0) is 6.42 Å². The maximum absolute atomic E-state index is 4.79. The molecule has 0 bridgehead atoms. The lowest BCUT2D eigenvalue weighted by Crippen LogP contribution is -2.01. The lowest BCUT2D eigenvalue weighted by molar-refractivity contribution is 0.974. The number of hydrogen-bond acceptors (Lipinski definition) is 2. The Morgan fingerprint density at radius 3 is 2.50 bits per heavy atom. The van der Waals surface area contributed by atoms with Gasteiger partial charge in [-0.3, -0.25) is 0 Å². The topological polar surface area (TPSA) is 29.3 Å². The molecule has 1 aromatic carbocycles. The van der Waals surface area contributed by atoms with E-state index in [1.54, 1.807) is 0 Å². The molecular weight excluding hydrogens is 270 g/mol. The maximum Gasteiger partial charge on any atom is 0.137 e. The monoisotopic (exact) mass is 293 g/mol. The predicted molar refractivity (Wildman–Crippen MR) is 93.5 cm³/mol. The Hall–Kier alpha value is -2.29. The van der Waals surface area contributed by atoms with Gasteiger partial charge in [0.25, 0.3) is 0 Å². The van der Waals surface area contributed by atoms with Crippen LogP contribution in [0.5, 0.6) is 0 Å². The second-order valence-electron chi connectivity index (χ2n) is 5.67. The van der Waals surface area contributed by atoms with Crippen LogP contribution >= 0.6 is 0 Å². The molecule has 1 N–H and O–H groups in total. The van der Waals surface area contributed by atoms with Gasteiger partial charge in [0.05, 0.1) is 11.4 Å². The summed E-state index contributed by atoms with van der Waals surface area (Å²) < 4.78 is 2.17. The summed E-state index contributed by atoms with van der Waals surface area (Å²) in [6.45, 7) is 7.47. The second-order valence-corrected chi connectivity index (χ2v) is 5.67. The number of aryl methyl sites for hydroxylation is 2. The normalized spacial score (nSPS) is 11.0. The molecule has 0 spiro atoms. The van der Waals surface area contributed by atoms with Crippen molar-refractivity contribution in [1.82, 2.24) is 9.38 Å². The fourth-order valence-corrected chi connectivity index (χ4v) is 2.71. The number of anilines is 1. The number of hydrogen-bond donors (Lipinski definition) is 1. The highest BCUT2D eigenvalue weighted by molar-refractivity contribution is 5.67. The van der Waals surface area contributed by atoms with Crippen LogP contribution in [0.3, 0.4) is 0 Å². The Morgan fingerprint density at radius 2 is 1.82 bits per heavy atom. The molecule has 3 heteroatoms. The highest BCUT2D eigenvalue weighted by atomic mass is 15.0. The summed E-state index contributed by atoms with van der Waals surface area (Å²) in [6, 6.07) is 12.9. The minimum absolute atomic E-state index is 0.991. The third-order valence-electron chi connectivity index (χ3n) is 4.07. The standard InChI is InChI=1S/C19H23N3/c1-4-12-20-17-10-11-18-21-19(14(3)22(18)13-17)16-8-6-15(5-2)7-9-16/h6-11,13,20H,4-5,12H2,1-3H3. The Labute approximate surface area is 132 Å². The molecule has 3 aromatic rings. The number of imidazole rings is 1. The molecule has 3 nitrogen and oxygen atoms in total. The first kappa shape index (κ1) is 14.6.